The van der Waals surface area contributed by atoms with Crippen LogP contribution in [0.1, 0.15) is 71.6 Å². The van der Waals surface area contributed by atoms with E-state index in [1.807, 2.05) is 0 Å². The van der Waals surface area contributed by atoms with Crippen LogP contribution in [0.15, 0.2) is 0 Å². The quantitative estimate of drug-likeness (QED) is 0.323. The van der Waals surface area contributed by atoms with Gasteiger partial charge in [-0.1, -0.05) is 52.4 Å². The van der Waals surface area contributed by atoms with Gasteiger partial charge in [0, 0.05) is 6.42 Å². The second kappa shape index (κ2) is 11.8. The molecule has 7 heteroatoms. The first-order chi connectivity index (χ1) is 11.9. The first-order valence-corrected chi connectivity index (χ1v) is 9.49. The average Bonchev–Trinajstić information content (AvgIpc) is 2.60. The lowest BCUT2D eigenvalue weighted by Crippen LogP contribution is -2.61. The van der Waals surface area contributed by atoms with Crippen LogP contribution < -0.4 is 0 Å². The van der Waals surface area contributed by atoms with Gasteiger partial charge in [0.2, 0.25) is 6.29 Å². The largest absolute Gasteiger partial charge is 0.433 e. The van der Waals surface area contributed by atoms with Gasteiger partial charge in [-0.15, -0.1) is 0 Å². The Hall–Kier alpha value is -0.730. The van der Waals surface area contributed by atoms with E-state index in [1.54, 1.807) is 6.92 Å². The molecule has 7 nitrogen and oxygen atoms in total. The zero-order chi connectivity index (χ0) is 18.8. The van der Waals surface area contributed by atoms with E-state index in [2.05, 4.69) is 6.92 Å². The molecule has 0 aliphatic carbocycles. The SMILES string of the molecule is CCCCCCCCCC(=O)OC1O[C@H](C(O)CC)[C@@H](O)[C@H](O)[C@H]1O. The Bertz CT molecular complexity index is 376. The topological polar surface area (TPSA) is 116 Å². The zero-order valence-electron chi connectivity index (χ0n) is 15.3. The maximum atomic E-state index is 11.9. The van der Waals surface area contributed by atoms with Gasteiger partial charge in [0.1, 0.15) is 24.4 Å². The third-order valence-corrected chi connectivity index (χ3v) is 4.64. The van der Waals surface area contributed by atoms with Crippen molar-refractivity contribution in [3.05, 3.63) is 0 Å². The maximum Gasteiger partial charge on any atom is 0.308 e. The highest BCUT2D eigenvalue weighted by Crippen LogP contribution is 2.25. The maximum absolute atomic E-state index is 11.9. The molecule has 6 atom stereocenters. The molecule has 1 rings (SSSR count). The van der Waals surface area contributed by atoms with Crippen molar-refractivity contribution in [1.29, 1.82) is 0 Å². The summed E-state index contributed by atoms with van der Waals surface area (Å²) in [4.78, 5) is 11.9. The van der Waals surface area contributed by atoms with Gasteiger partial charge in [-0.25, -0.2) is 0 Å². The lowest BCUT2D eigenvalue weighted by Gasteiger charge is -2.41. The number of esters is 1. The van der Waals surface area contributed by atoms with Crippen molar-refractivity contribution in [2.24, 2.45) is 0 Å². The lowest BCUT2D eigenvalue weighted by atomic mass is 9.94. The highest BCUT2D eigenvalue weighted by atomic mass is 16.7. The first-order valence-electron chi connectivity index (χ1n) is 9.49. The Morgan fingerprint density at radius 3 is 2.16 bits per heavy atom. The summed E-state index contributed by atoms with van der Waals surface area (Å²) in [5.74, 6) is -0.522. The first kappa shape index (κ1) is 22.3. The molecule has 25 heavy (non-hydrogen) atoms. The van der Waals surface area contributed by atoms with Crippen LogP contribution in [-0.2, 0) is 14.3 Å². The molecule has 0 saturated carbocycles. The summed E-state index contributed by atoms with van der Waals surface area (Å²) < 4.78 is 10.4. The third kappa shape index (κ3) is 7.19. The second-order valence-electron chi connectivity index (χ2n) is 6.78. The normalized spacial score (nSPS) is 30.9. The summed E-state index contributed by atoms with van der Waals surface area (Å²) in [7, 11) is 0. The van der Waals surface area contributed by atoms with Crippen LogP contribution in [0, 0.1) is 0 Å². The predicted molar refractivity (Wildman–Crippen MR) is 91.7 cm³/mol. The Morgan fingerprint density at radius 1 is 0.960 bits per heavy atom. The van der Waals surface area contributed by atoms with E-state index >= 15 is 0 Å². The van der Waals surface area contributed by atoms with Crippen LogP contribution in [0.4, 0.5) is 0 Å². The molecule has 2 unspecified atom stereocenters. The number of unbranched alkanes of at least 4 members (excludes halogenated alkanes) is 6. The standard InChI is InChI=1S/C18H34O7/c1-3-5-6-7-8-9-10-11-13(20)24-18-16(23)14(21)15(22)17(25-18)12(19)4-2/h12,14-19,21-23H,3-11H2,1-2H3/t12?,14-,15-,16+,17+,18?/m0/s1. The van der Waals surface area contributed by atoms with Gasteiger partial charge in [0.15, 0.2) is 0 Å². The molecule has 1 aliphatic rings. The fraction of sp³-hybridized carbons (Fsp3) is 0.944. The second-order valence-corrected chi connectivity index (χ2v) is 6.78. The molecule has 0 bridgehead atoms. The molecule has 1 aliphatic heterocycles. The Kier molecular flexibility index (Phi) is 10.5. The van der Waals surface area contributed by atoms with Crippen molar-refractivity contribution < 1.29 is 34.7 Å². The molecule has 0 aromatic heterocycles. The highest BCUT2D eigenvalue weighted by Gasteiger charge is 2.47. The molecule has 0 aromatic carbocycles. The number of ether oxygens (including phenoxy) is 2. The van der Waals surface area contributed by atoms with E-state index in [9.17, 15) is 25.2 Å². The molecule has 0 spiro atoms. The summed E-state index contributed by atoms with van der Waals surface area (Å²) in [6.07, 6.45) is -0.0451. The van der Waals surface area contributed by atoms with Gasteiger partial charge in [0.25, 0.3) is 0 Å². The number of hydrogen-bond acceptors (Lipinski definition) is 7. The summed E-state index contributed by atoms with van der Waals surface area (Å²) >= 11 is 0. The van der Waals surface area contributed by atoms with E-state index in [0.29, 0.717) is 12.8 Å². The highest BCUT2D eigenvalue weighted by molar-refractivity contribution is 5.69. The molecule has 0 radical (unpaired) electrons. The fourth-order valence-electron chi connectivity index (χ4n) is 2.94. The number of aliphatic hydroxyl groups excluding tert-OH is 4. The number of hydrogen-bond donors (Lipinski definition) is 4. The Morgan fingerprint density at radius 2 is 1.56 bits per heavy atom. The van der Waals surface area contributed by atoms with Crippen LogP contribution in [-0.4, -0.2) is 63.2 Å². The lowest BCUT2D eigenvalue weighted by molar-refractivity contribution is -0.301. The van der Waals surface area contributed by atoms with Crippen LogP contribution in [0.3, 0.4) is 0 Å². The molecule has 148 valence electrons. The molecule has 1 heterocycles. The Labute approximate surface area is 150 Å². The number of aliphatic hydroxyl groups is 4. The van der Waals surface area contributed by atoms with Crippen LogP contribution in [0.5, 0.6) is 0 Å². The molecule has 0 amide bonds. The van der Waals surface area contributed by atoms with Crippen molar-refractivity contribution in [3.63, 3.8) is 0 Å². The van der Waals surface area contributed by atoms with E-state index in [4.69, 9.17) is 9.47 Å². The summed E-state index contributed by atoms with van der Waals surface area (Å²) in [6, 6.07) is 0. The van der Waals surface area contributed by atoms with E-state index in [0.717, 1.165) is 19.3 Å². The smallest absolute Gasteiger partial charge is 0.308 e. The van der Waals surface area contributed by atoms with Crippen LogP contribution in [0.25, 0.3) is 0 Å². The van der Waals surface area contributed by atoms with Crippen molar-refractivity contribution in [2.45, 2.75) is 108 Å². The van der Waals surface area contributed by atoms with Gasteiger partial charge in [-0.2, -0.15) is 0 Å². The zero-order valence-corrected chi connectivity index (χ0v) is 15.3. The van der Waals surface area contributed by atoms with Crippen molar-refractivity contribution >= 4 is 5.97 Å². The number of carbonyl (C=O) groups excluding carboxylic acids is 1. The number of carbonyl (C=O) groups is 1. The molecule has 1 saturated heterocycles. The number of rotatable bonds is 11. The monoisotopic (exact) mass is 362 g/mol. The van der Waals surface area contributed by atoms with Crippen molar-refractivity contribution in [1.82, 2.24) is 0 Å². The fourth-order valence-corrected chi connectivity index (χ4v) is 2.94. The molecule has 0 aromatic rings. The minimum atomic E-state index is -1.55. The third-order valence-electron chi connectivity index (χ3n) is 4.64. The van der Waals surface area contributed by atoms with E-state index < -0.39 is 42.8 Å². The van der Waals surface area contributed by atoms with Gasteiger partial charge in [-0.05, 0) is 12.8 Å². The minimum Gasteiger partial charge on any atom is -0.433 e. The van der Waals surface area contributed by atoms with Gasteiger partial charge < -0.3 is 29.9 Å². The average molecular weight is 362 g/mol. The Balaban J connectivity index is 2.36. The predicted octanol–water partition coefficient (Wildman–Crippen LogP) is 1.25. The van der Waals surface area contributed by atoms with Crippen LogP contribution in [0.2, 0.25) is 0 Å². The molecular formula is C18H34O7. The summed E-state index contributed by atoms with van der Waals surface area (Å²) in [6.45, 7) is 3.86. The van der Waals surface area contributed by atoms with Gasteiger partial charge in [-0.3, -0.25) is 4.79 Å². The summed E-state index contributed by atoms with van der Waals surface area (Å²) in [5.41, 5.74) is 0. The van der Waals surface area contributed by atoms with Gasteiger partial charge in [0.05, 0.1) is 6.10 Å². The van der Waals surface area contributed by atoms with E-state index in [-0.39, 0.29) is 6.42 Å². The van der Waals surface area contributed by atoms with Crippen LogP contribution >= 0.6 is 0 Å². The van der Waals surface area contributed by atoms with Crippen molar-refractivity contribution in [2.75, 3.05) is 0 Å². The van der Waals surface area contributed by atoms with E-state index in [1.165, 1.54) is 19.3 Å². The minimum absolute atomic E-state index is 0.208. The molecular weight excluding hydrogens is 328 g/mol. The molecule has 4 N–H and O–H groups in total. The summed E-state index contributed by atoms with van der Waals surface area (Å²) in [5, 5.41) is 39.5. The molecule has 1 fully saturated rings. The van der Waals surface area contributed by atoms with Crippen molar-refractivity contribution in [3.8, 4) is 0 Å². The van der Waals surface area contributed by atoms with Gasteiger partial charge >= 0.3 is 5.97 Å².